The topological polar surface area (TPSA) is 71.1 Å². The summed E-state index contributed by atoms with van der Waals surface area (Å²) in [5.74, 6) is -1.53. The second kappa shape index (κ2) is 6.24. The lowest BCUT2D eigenvalue weighted by Gasteiger charge is -2.06. The maximum atomic E-state index is 11.8. The van der Waals surface area contributed by atoms with E-state index in [1.165, 1.54) is 11.3 Å². The van der Waals surface area contributed by atoms with Crippen molar-refractivity contribution in [3.63, 3.8) is 0 Å². The second-order valence-corrected chi connectivity index (χ2v) is 6.14. The minimum absolute atomic E-state index is 0.409. The van der Waals surface area contributed by atoms with Crippen molar-refractivity contribution < 1.29 is 9.59 Å². The normalized spacial score (nSPS) is 10.3. The molecule has 0 saturated carbocycles. The fourth-order valence-corrected chi connectivity index (χ4v) is 2.53. The summed E-state index contributed by atoms with van der Waals surface area (Å²) in [6.45, 7) is 5.60. The average Bonchev–Trinajstić information content (AvgIpc) is 2.72. The van der Waals surface area contributed by atoms with E-state index in [4.69, 9.17) is 11.6 Å². The first kappa shape index (κ1) is 15.5. The number of carbonyl (C=O) groups is 2. The van der Waals surface area contributed by atoms with E-state index >= 15 is 0 Å². The molecule has 0 unspecified atom stereocenters. The Morgan fingerprint density at radius 2 is 1.81 bits per heavy atom. The van der Waals surface area contributed by atoms with Crippen LogP contribution in [-0.2, 0) is 9.59 Å². The molecule has 0 atom stereocenters. The number of amides is 2. The molecule has 0 aliphatic heterocycles. The van der Waals surface area contributed by atoms with Gasteiger partial charge in [0, 0.05) is 15.6 Å². The quantitative estimate of drug-likeness (QED) is 0.833. The standard InChI is InChI=1S/C14H14ClN3O2S/c1-7-4-5-10(6-11(7)15)17-12(19)13(20)18-14-16-8(2)9(3)21-14/h4-6H,1-3H3,(H,17,19)(H,16,18,20). The lowest BCUT2D eigenvalue weighted by atomic mass is 10.2. The molecule has 21 heavy (non-hydrogen) atoms. The van der Waals surface area contributed by atoms with Crippen LogP contribution in [0.3, 0.4) is 0 Å². The van der Waals surface area contributed by atoms with E-state index in [1.54, 1.807) is 18.2 Å². The molecule has 2 aromatic rings. The van der Waals surface area contributed by atoms with Gasteiger partial charge in [-0.25, -0.2) is 4.98 Å². The number of halogens is 1. The first-order valence-electron chi connectivity index (χ1n) is 6.19. The van der Waals surface area contributed by atoms with Crippen LogP contribution in [0.2, 0.25) is 5.02 Å². The Labute approximate surface area is 131 Å². The van der Waals surface area contributed by atoms with Crippen molar-refractivity contribution in [1.29, 1.82) is 0 Å². The molecule has 7 heteroatoms. The molecule has 0 aliphatic rings. The van der Waals surface area contributed by atoms with Crippen LogP contribution in [0.25, 0.3) is 0 Å². The maximum Gasteiger partial charge on any atom is 0.315 e. The number of benzene rings is 1. The fourth-order valence-electron chi connectivity index (χ4n) is 1.54. The minimum atomic E-state index is -0.763. The highest BCUT2D eigenvalue weighted by atomic mass is 35.5. The van der Waals surface area contributed by atoms with E-state index in [9.17, 15) is 9.59 Å². The molecule has 1 heterocycles. The van der Waals surface area contributed by atoms with E-state index in [0.29, 0.717) is 15.8 Å². The van der Waals surface area contributed by atoms with Gasteiger partial charge in [-0.05, 0) is 38.5 Å². The number of nitrogens with zero attached hydrogens (tertiary/aromatic N) is 1. The van der Waals surface area contributed by atoms with Gasteiger partial charge in [-0.1, -0.05) is 17.7 Å². The Kier molecular flexibility index (Phi) is 4.59. The molecule has 0 spiro atoms. The lowest BCUT2D eigenvalue weighted by Crippen LogP contribution is -2.29. The molecule has 2 N–H and O–H groups in total. The highest BCUT2D eigenvalue weighted by molar-refractivity contribution is 7.15. The van der Waals surface area contributed by atoms with Gasteiger partial charge in [0.1, 0.15) is 0 Å². The van der Waals surface area contributed by atoms with Gasteiger partial charge in [0.2, 0.25) is 0 Å². The first-order valence-corrected chi connectivity index (χ1v) is 7.39. The molecule has 0 fully saturated rings. The number of hydrogen-bond donors (Lipinski definition) is 2. The lowest BCUT2D eigenvalue weighted by molar-refractivity contribution is -0.132. The van der Waals surface area contributed by atoms with Crippen LogP contribution in [0.4, 0.5) is 10.8 Å². The number of carbonyl (C=O) groups excluding carboxylic acids is 2. The predicted molar refractivity (Wildman–Crippen MR) is 85.0 cm³/mol. The van der Waals surface area contributed by atoms with Crippen LogP contribution in [0, 0.1) is 20.8 Å². The second-order valence-electron chi connectivity index (χ2n) is 4.53. The monoisotopic (exact) mass is 323 g/mol. The Balaban J connectivity index is 2.02. The van der Waals surface area contributed by atoms with Gasteiger partial charge in [-0.3, -0.25) is 14.9 Å². The SMILES string of the molecule is Cc1ccc(NC(=O)C(=O)Nc2nc(C)c(C)s2)cc1Cl. The summed E-state index contributed by atoms with van der Waals surface area (Å²) in [4.78, 5) is 28.8. The molecule has 0 radical (unpaired) electrons. The molecule has 110 valence electrons. The Morgan fingerprint density at radius 1 is 1.14 bits per heavy atom. The number of aryl methyl sites for hydroxylation is 3. The largest absolute Gasteiger partial charge is 0.318 e. The number of rotatable bonds is 2. The Bertz CT molecular complexity index is 693. The van der Waals surface area contributed by atoms with Crippen molar-refractivity contribution in [2.24, 2.45) is 0 Å². The van der Waals surface area contributed by atoms with Crippen molar-refractivity contribution in [2.75, 3.05) is 10.6 Å². The highest BCUT2D eigenvalue weighted by Crippen LogP contribution is 2.22. The van der Waals surface area contributed by atoms with Crippen molar-refractivity contribution in [1.82, 2.24) is 4.98 Å². The van der Waals surface area contributed by atoms with Crippen LogP contribution in [0.5, 0.6) is 0 Å². The Hall–Kier alpha value is -1.92. The van der Waals surface area contributed by atoms with Gasteiger partial charge in [0.05, 0.1) is 5.69 Å². The molecular weight excluding hydrogens is 310 g/mol. The number of thiazole rings is 1. The summed E-state index contributed by atoms with van der Waals surface area (Å²) in [6.07, 6.45) is 0. The van der Waals surface area contributed by atoms with Crippen molar-refractivity contribution >= 4 is 45.6 Å². The highest BCUT2D eigenvalue weighted by Gasteiger charge is 2.16. The molecular formula is C14H14ClN3O2S. The van der Waals surface area contributed by atoms with Gasteiger partial charge in [-0.2, -0.15) is 0 Å². The van der Waals surface area contributed by atoms with Crippen LogP contribution in [0.1, 0.15) is 16.1 Å². The third kappa shape index (κ3) is 3.80. The van der Waals surface area contributed by atoms with Gasteiger partial charge in [-0.15, -0.1) is 11.3 Å². The van der Waals surface area contributed by atoms with Gasteiger partial charge >= 0.3 is 11.8 Å². The van der Waals surface area contributed by atoms with E-state index in [1.807, 2.05) is 20.8 Å². The molecule has 0 aliphatic carbocycles. The van der Waals surface area contributed by atoms with E-state index in [-0.39, 0.29) is 0 Å². The van der Waals surface area contributed by atoms with E-state index in [0.717, 1.165) is 16.1 Å². The van der Waals surface area contributed by atoms with E-state index in [2.05, 4.69) is 15.6 Å². The summed E-state index contributed by atoms with van der Waals surface area (Å²) in [5.41, 5.74) is 2.20. The molecule has 1 aromatic heterocycles. The Morgan fingerprint density at radius 3 is 2.38 bits per heavy atom. The smallest absolute Gasteiger partial charge is 0.315 e. The first-order chi connectivity index (χ1) is 9.86. The van der Waals surface area contributed by atoms with Crippen LogP contribution >= 0.6 is 22.9 Å². The number of aromatic nitrogens is 1. The molecule has 2 rings (SSSR count). The summed E-state index contributed by atoms with van der Waals surface area (Å²) in [5, 5.41) is 5.90. The van der Waals surface area contributed by atoms with Crippen LogP contribution < -0.4 is 10.6 Å². The number of hydrogen-bond acceptors (Lipinski definition) is 4. The summed E-state index contributed by atoms with van der Waals surface area (Å²) in [7, 11) is 0. The van der Waals surface area contributed by atoms with Crippen molar-refractivity contribution in [2.45, 2.75) is 20.8 Å². The zero-order chi connectivity index (χ0) is 15.6. The number of anilines is 2. The maximum absolute atomic E-state index is 11.8. The zero-order valence-corrected chi connectivity index (χ0v) is 13.4. The molecule has 1 aromatic carbocycles. The summed E-state index contributed by atoms with van der Waals surface area (Å²) >= 11 is 7.29. The molecule has 5 nitrogen and oxygen atoms in total. The fraction of sp³-hybridized carbons (Fsp3) is 0.214. The molecule has 0 saturated heterocycles. The van der Waals surface area contributed by atoms with E-state index < -0.39 is 11.8 Å². The predicted octanol–water partition coefficient (Wildman–Crippen LogP) is 3.30. The minimum Gasteiger partial charge on any atom is -0.318 e. The number of nitrogens with one attached hydrogen (secondary N) is 2. The third-order valence-electron chi connectivity index (χ3n) is 2.88. The van der Waals surface area contributed by atoms with Gasteiger partial charge in [0.25, 0.3) is 0 Å². The zero-order valence-electron chi connectivity index (χ0n) is 11.8. The van der Waals surface area contributed by atoms with Crippen molar-refractivity contribution in [3.8, 4) is 0 Å². The van der Waals surface area contributed by atoms with Gasteiger partial charge in [0.15, 0.2) is 5.13 Å². The van der Waals surface area contributed by atoms with Gasteiger partial charge < -0.3 is 5.32 Å². The molecule has 0 bridgehead atoms. The third-order valence-corrected chi connectivity index (χ3v) is 4.28. The summed E-state index contributed by atoms with van der Waals surface area (Å²) in [6, 6.07) is 5.05. The average molecular weight is 324 g/mol. The van der Waals surface area contributed by atoms with Crippen LogP contribution in [0.15, 0.2) is 18.2 Å². The van der Waals surface area contributed by atoms with Crippen molar-refractivity contribution in [3.05, 3.63) is 39.4 Å². The van der Waals surface area contributed by atoms with Crippen LogP contribution in [-0.4, -0.2) is 16.8 Å². The molecule has 2 amide bonds. The summed E-state index contributed by atoms with van der Waals surface area (Å²) < 4.78 is 0.